The van der Waals surface area contributed by atoms with E-state index in [1.54, 1.807) is 37.4 Å². The summed E-state index contributed by atoms with van der Waals surface area (Å²) in [5.74, 6) is 0.647. The minimum Gasteiger partial charge on any atom is -0.274 e. The van der Waals surface area contributed by atoms with Crippen molar-refractivity contribution in [3.8, 4) is 0 Å². The van der Waals surface area contributed by atoms with E-state index in [1.165, 1.54) is 33.4 Å². The van der Waals surface area contributed by atoms with Gasteiger partial charge in [0.2, 0.25) is 10.0 Å². The molecule has 0 spiro atoms. The van der Waals surface area contributed by atoms with Crippen LogP contribution >= 0.6 is 0 Å². The lowest BCUT2D eigenvalue weighted by molar-refractivity contribution is 0.505. The standard InChI is InChI=1S/C24H26N8O4S2/c1-15-4-6-18(7-5-15)38(35,36)31-9-8-21-24(31)25-13-22-27-28-23(32(21)22)20-11-17(10-16(20)2)29-37(33,34)19-12-26-30(3)14-19/h4-9,12-14,16-17,20,29H,10-11H2,1-3H3/t16-,17+,20+/m1/s1. The van der Waals surface area contributed by atoms with Crippen molar-refractivity contribution in [1.29, 1.82) is 0 Å². The third kappa shape index (κ3) is 3.99. The maximum Gasteiger partial charge on any atom is 0.269 e. The van der Waals surface area contributed by atoms with Gasteiger partial charge in [-0.2, -0.15) is 5.10 Å². The molecule has 1 saturated carbocycles. The lowest BCUT2D eigenvalue weighted by atomic mass is 9.97. The Bertz CT molecular complexity index is 1890. The molecule has 14 heteroatoms. The lowest BCUT2D eigenvalue weighted by Crippen LogP contribution is -2.33. The van der Waals surface area contributed by atoms with Crippen molar-refractivity contribution in [1.82, 2.24) is 38.1 Å². The Kier molecular flexibility index (Phi) is 5.66. The van der Waals surface area contributed by atoms with E-state index in [0.29, 0.717) is 29.8 Å². The van der Waals surface area contributed by atoms with E-state index in [9.17, 15) is 16.8 Å². The zero-order valence-corrected chi connectivity index (χ0v) is 22.6. The fourth-order valence-electron chi connectivity index (χ4n) is 5.24. The molecule has 0 saturated heterocycles. The minimum absolute atomic E-state index is 0.102. The van der Waals surface area contributed by atoms with Crippen LogP contribution in [0.3, 0.4) is 0 Å². The van der Waals surface area contributed by atoms with Gasteiger partial charge < -0.3 is 0 Å². The Morgan fingerprint density at radius 1 is 0.974 bits per heavy atom. The van der Waals surface area contributed by atoms with E-state index < -0.39 is 20.0 Å². The second-order valence-electron chi connectivity index (χ2n) is 9.87. The van der Waals surface area contributed by atoms with E-state index in [1.807, 2.05) is 11.3 Å². The average Bonchev–Trinajstić information content (AvgIpc) is 3.64. The van der Waals surface area contributed by atoms with E-state index in [-0.39, 0.29) is 33.3 Å². The van der Waals surface area contributed by atoms with Gasteiger partial charge in [0, 0.05) is 31.4 Å². The van der Waals surface area contributed by atoms with Gasteiger partial charge in [0.15, 0.2) is 11.3 Å². The van der Waals surface area contributed by atoms with Gasteiger partial charge in [-0.15, -0.1) is 10.2 Å². The van der Waals surface area contributed by atoms with E-state index in [2.05, 4.69) is 31.9 Å². The molecule has 1 aromatic carbocycles. The van der Waals surface area contributed by atoms with Gasteiger partial charge in [-0.3, -0.25) is 9.08 Å². The number of hydrogen-bond acceptors (Lipinski definition) is 8. The van der Waals surface area contributed by atoms with Crippen LogP contribution in [0, 0.1) is 12.8 Å². The van der Waals surface area contributed by atoms with Crippen LogP contribution < -0.4 is 4.72 Å². The van der Waals surface area contributed by atoms with Gasteiger partial charge in [0.25, 0.3) is 10.0 Å². The molecule has 0 unspecified atom stereocenters. The van der Waals surface area contributed by atoms with E-state index >= 15 is 0 Å². The molecule has 5 aromatic rings. The van der Waals surface area contributed by atoms with Gasteiger partial charge in [0.1, 0.15) is 10.7 Å². The van der Waals surface area contributed by atoms with Crippen LogP contribution in [-0.4, -0.2) is 56.2 Å². The third-order valence-electron chi connectivity index (χ3n) is 7.17. The molecule has 4 heterocycles. The highest BCUT2D eigenvalue weighted by molar-refractivity contribution is 7.90. The first-order chi connectivity index (χ1) is 18.0. The molecule has 1 N–H and O–H groups in total. The largest absolute Gasteiger partial charge is 0.274 e. The maximum atomic E-state index is 13.4. The molecule has 1 fully saturated rings. The molecule has 1 aliphatic rings. The Morgan fingerprint density at radius 2 is 1.74 bits per heavy atom. The Balaban J connectivity index is 1.36. The zero-order valence-electron chi connectivity index (χ0n) is 20.9. The summed E-state index contributed by atoms with van der Waals surface area (Å²) < 4.78 is 59.7. The van der Waals surface area contributed by atoms with Crippen LogP contribution in [0.25, 0.3) is 16.8 Å². The second kappa shape index (κ2) is 8.71. The van der Waals surface area contributed by atoms with Crippen LogP contribution in [0.2, 0.25) is 0 Å². The van der Waals surface area contributed by atoms with Crippen molar-refractivity contribution in [3.63, 3.8) is 0 Å². The molecule has 3 atom stereocenters. The fourth-order valence-corrected chi connectivity index (χ4v) is 7.78. The third-order valence-corrected chi connectivity index (χ3v) is 10.3. The summed E-state index contributed by atoms with van der Waals surface area (Å²) in [6.45, 7) is 3.95. The number of rotatable bonds is 6. The molecule has 0 radical (unpaired) electrons. The maximum absolute atomic E-state index is 13.4. The molecule has 198 valence electrons. The van der Waals surface area contributed by atoms with Crippen molar-refractivity contribution < 1.29 is 16.8 Å². The predicted molar refractivity (Wildman–Crippen MR) is 138 cm³/mol. The summed E-state index contributed by atoms with van der Waals surface area (Å²) in [6.07, 6.45) is 6.91. The average molecular weight is 555 g/mol. The van der Waals surface area contributed by atoms with Crippen LogP contribution in [0.5, 0.6) is 0 Å². The summed E-state index contributed by atoms with van der Waals surface area (Å²) in [4.78, 5) is 4.68. The zero-order chi connectivity index (χ0) is 26.8. The molecule has 6 rings (SSSR count). The second-order valence-corrected chi connectivity index (χ2v) is 13.4. The molecule has 1 aliphatic carbocycles. The summed E-state index contributed by atoms with van der Waals surface area (Å²) in [7, 11) is -5.92. The fraction of sp³-hybridized carbons (Fsp3) is 0.333. The minimum atomic E-state index is -3.87. The number of sulfonamides is 1. The summed E-state index contributed by atoms with van der Waals surface area (Å²) in [6, 6.07) is 8.05. The molecular formula is C24H26N8O4S2. The van der Waals surface area contributed by atoms with Gasteiger partial charge in [-0.1, -0.05) is 24.6 Å². The summed E-state index contributed by atoms with van der Waals surface area (Å²) in [5, 5.41) is 12.7. The lowest BCUT2D eigenvalue weighted by Gasteiger charge is -2.14. The first-order valence-corrected chi connectivity index (χ1v) is 15.0. The highest BCUT2D eigenvalue weighted by Gasteiger charge is 2.38. The van der Waals surface area contributed by atoms with Crippen molar-refractivity contribution in [2.45, 2.75) is 48.4 Å². The highest BCUT2D eigenvalue weighted by atomic mass is 32.2. The molecule has 0 amide bonds. The number of aryl methyl sites for hydroxylation is 2. The normalized spacial score (nSPS) is 20.6. The highest BCUT2D eigenvalue weighted by Crippen LogP contribution is 2.40. The quantitative estimate of drug-likeness (QED) is 0.336. The Morgan fingerprint density at radius 3 is 2.45 bits per heavy atom. The number of benzene rings is 1. The SMILES string of the molecule is Cc1ccc(S(=O)(=O)n2ccc3c2ncc2nnc([C@H]4C[C@@H](NS(=O)(=O)c5cnn(C)c5)C[C@H]4C)n23)cc1. The van der Waals surface area contributed by atoms with Crippen LogP contribution in [0.4, 0.5) is 0 Å². The van der Waals surface area contributed by atoms with E-state index in [4.69, 9.17) is 0 Å². The molecule has 0 bridgehead atoms. The molecule has 4 aromatic heterocycles. The van der Waals surface area contributed by atoms with Crippen LogP contribution in [0.15, 0.2) is 64.9 Å². The number of fused-ring (bicyclic) bond motifs is 3. The van der Waals surface area contributed by atoms with Crippen LogP contribution in [0.1, 0.15) is 37.1 Å². The van der Waals surface area contributed by atoms with Gasteiger partial charge >= 0.3 is 0 Å². The molecular weight excluding hydrogens is 528 g/mol. The van der Waals surface area contributed by atoms with Crippen molar-refractivity contribution in [2.24, 2.45) is 13.0 Å². The number of nitrogens with zero attached hydrogens (tertiary/aromatic N) is 7. The smallest absolute Gasteiger partial charge is 0.269 e. The molecule has 0 aliphatic heterocycles. The number of nitrogens with one attached hydrogen (secondary N) is 1. The first-order valence-electron chi connectivity index (χ1n) is 12.1. The Hall–Kier alpha value is -3.62. The topological polar surface area (TPSA) is 146 Å². The number of hydrogen-bond donors (Lipinski definition) is 1. The van der Waals surface area contributed by atoms with Gasteiger partial charge in [0.05, 0.1) is 22.8 Å². The van der Waals surface area contributed by atoms with Crippen molar-refractivity contribution >= 4 is 36.9 Å². The Labute approximate surface area is 219 Å². The van der Waals surface area contributed by atoms with Crippen molar-refractivity contribution in [3.05, 3.63) is 66.5 Å². The van der Waals surface area contributed by atoms with Crippen molar-refractivity contribution in [2.75, 3.05) is 0 Å². The predicted octanol–water partition coefficient (Wildman–Crippen LogP) is 2.22. The number of aromatic nitrogens is 7. The summed E-state index contributed by atoms with van der Waals surface area (Å²) >= 11 is 0. The first kappa shape index (κ1) is 24.7. The summed E-state index contributed by atoms with van der Waals surface area (Å²) in [5.41, 5.74) is 2.27. The van der Waals surface area contributed by atoms with Crippen LogP contribution in [-0.2, 0) is 27.1 Å². The molecule has 12 nitrogen and oxygen atoms in total. The monoisotopic (exact) mass is 554 g/mol. The van der Waals surface area contributed by atoms with Gasteiger partial charge in [-0.05, 0) is 43.9 Å². The van der Waals surface area contributed by atoms with E-state index in [0.717, 1.165) is 5.56 Å². The van der Waals surface area contributed by atoms with Gasteiger partial charge in [-0.25, -0.2) is 30.5 Å². The molecule has 38 heavy (non-hydrogen) atoms.